The zero-order valence-corrected chi connectivity index (χ0v) is 10.9. The third kappa shape index (κ3) is 5.48. The lowest BCUT2D eigenvalue weighted by Crippen LogP contribution is -2.44. The van der Waals surface area contributed by atoms with Crippen molar-refractivity contribution in [1.29, 1.82) is 0 Å². The van der Waals surface area contributed by atoms with Crippen LogP contribution in [0.5, 0.6) is 0 Å². The van der Waals surface area contributed by atoms with Crippen LogP contribution >= 0.6 is 0 Å². The van der Waals surface area contributed by atoms with Gasteiger partial charge in [-0.2, -0.15) is 0 Å². The SMILES string of the molecule is COCCC(N)C(=O)NCC1CCN(C)CC1. The van der Waals surface area contributed by atoms with Gasteiger partial charge in [-0.25, -0.2) is 0 Å². The van der Waals surface area contributed by atoms with Crippen molar-refractivity contribution in [3.05, 3.63) is 0 Å². The summed E-state index contributed by atoms with van der Waals surface area (Å²) in [5.74, 6) is 0.547. The van der Waals surface area contributed by atoms with Crippen molar-refractivity contribution < 1.29 is 9.53 Å². The Morgan fingerprint density at radius 1 is 1.53 bits per heavy atom. The topological polar surface area (TPSA) is 67.6 Å². The molecule has 1 unspecified atom stereocenters. The summed E-state index contributed by atoms with van der Waals surface area (Å²) in [6.07, 6.45) is 2.89. The van der Waals surface area contributed by atoms with E-state index in [4.69, 9.17) is 10.5 Å². The second-order valence-corrected chi connectivity index (χ2v) is 4.88. The number of piperidine rings is 1. The number of hydrogen-bond donors (Lipinski definition) is 2. The number of likely N-dealkylation sites (tertiary alicyclic amines) is 1. The van der Waals surface area contributed by atoms with E-state index in [0.29, 0.717) is 18.9 Å². The van der Waals surface area contributed by atoms with Gasteiger partial charge in [0.05, 0.1) is 6.04 Å². The Hall–Kier alpha value is -0.650. The van der Waals surface area contributed by atoms with Crippen LogP contribution in [0.15, 0.2) is 0 Å². The summed E-state index contributed by atoms with van der Waals surface area (Å²) in [7, 11) is 3.75. The molecule has 5 heteroatoms. The molecule has 1 amide bonds. The Balaban J connectivity index is 2.14. The van der Waals surface area contributed by atoms with Crippen LogP contribution in [0, 0.1) is 5.92 Å². The standard InChI is InChI=1S/C12H25N3O2/c1-15-6-3-10(4-7-15)9-14-12(16)11(13)5-8-17-2/h10-11H,3-9,13H2,1-2H3,(H,14,16). The van der Waals surface area contributed by atoms with Crippen LogP contribution in [0.1, 0.15) is 19.3 Å². The molecule has 1 saturated heterocycles. The van der Waals surface area contributed by atoms with Crippen molar-refractivity contribution in [1.82, 2.24) is 10.2 Å². The van der Waals surface area contributed by atoms with Crippen molar-refractivity contribution in [2.24, 2.45) is 11.7 Å². The summed E-state index contributed by atoms with van der Waals surface area (Å²) in [5, 5.41) is 2.94. The number of nitrogens with two attached hydrogens (primary N) is 1. The molecule has 0 radical (unpaired) electrons. The summed E-state index contributed by atoms with van der Waals surface area (Å²) in [6.45, 7) is 3.53. The highest BCUT2D eigenvalue weighted by molar-refractivity contribution is 5.81. The molecule has 1 rings (SSSR count). The molecule has 0 aliphatic carbocycles. The molecule has 1 fully saturated rings. The van der Waals surface area contributed by atoms with E-state index in [2.05, 4.69) is 17.3 Å². The number of carbonyl (C=O) groups is 1. The molecule has 1 atom stereocenters. The van der Waals surface area contributed by atoms with Crippen molar-refractivity contribution in [2.45, 2.75) is 25.3 Å². The molecule has 1 heterocycles. The molecule has 100 valence electrons. The van der Waals surface area contributed by atoms with Crippen LogP contribution in [-0.2, 0) is 9.53 Å². The first-order valence-corrected chi connectivity index (χ1v) is 6.34. The van der Waals surface area contributed by atoms with Gasteiger partial charge in [-0.1, -0.05) is 0 Å². The van der Waals surface area contributed by atoms with E-state index in [1.54, 1.807) is 7.11 Å². The van der Waals surface area contributed by atoms with E-state index in [1.165, 1.54) is 0 Å². The van der Waals surface area contributed by atoms with Crippen LogP contribution in [0.4, 0.5) is 0 Å². The monoisotopic (exact) mass is 243 g/mol. The summed E-state index contributed by atoms with van der Waals surface area (Å²) >= 11 is 0. The molecule has 0 spiro atoms. The molecule has 0 bridgehead atoms. The second-order valence-electron chi connectivity index (χ2n) is 4.88. The molecule has 5 nitrogen and oxygen atoms in total. The lowest BCUT2D eigenvalue weighted by molar-refractivity contribution is -0.123. The minimum Gasteiger partial charge on any atom is -0.385 e. The minimum absolute atomic E-state index is 0.0546. The number of methoxy groups -OCH3 is 1. The van der Waals surface area contributed by atoms with E-state index in [-0.39, 0.29) is 5.91 Å². The van der Waals surface area contributed by atoms with E-state index >= 15 is 0 Å². The molecule has 1 aliphatic heterocycles. The summed E-state index contributed by atoms with van der Waals surface area (Å²) in [4.78, 5) is 14.0. The summed E-state index contributed by atoms with van der Waals surface area (Å²) < 4.78 is 4.90. The Bertz CT molecular complexity index is 228. The molecule has 0 saturated carbocycles. The minimum atomic E-state index is -0.443. The van der Waals surface area contributed by atoms with Crippen molar-refractivity contribution >= 4 is 5.91 Å². The van der Waals surface area contributed by atoms with Gasteiger partial charge in [-0.3, -0.25) is 4.79 Å². The van der Waals surface area contributed by atoms with Crippen LogP contribution in [0.2, 0.25) is 0 Å². The first kappa shape index (κ1) is 14.4. The largest absolute Gasteiger partial charge is 0.385 e. The first-order chi connectivity index (χ1) is 8.13. The summed E-state index contributed by atoms with van der Waals surface area (Å²) in [5.41, 5.74) is 5.74. The van der Waals surface area contributed by atoms with Crippen LogP contribution < -0.4 is 11.1 Å². The van der Waals surface area contributed by atoms with E-state index < -0.39 is 6.04 Å². The maximum Gasteiger partial charge on any atom is 0.237 e. The van der Waals surface area contributed by atoms with E-state index in [9.17, 15) is 4.79 Å². The van der Waals surface area contributed by atoms with Crippen LogP contribution in [-0.4, -0.2) is 57.2 Å². The Morgan fingerprint density at radius 2 is 2.18 bits per heavy atom. The predicted octanol–water partition coefficient (Wildman–Crippen LogP) is -0.192. The number of carbonyl (C=O) groups excluding carboxylic acids is 1. The Labute approximate surface area is 104 Å². The lowest BCUT2D eigenvalue weighted by Gasteiger charge is -2.29. The smallest absolute Gasteiger partial charge is 0.237 e. The van der Waals surface area contributed by atoms with Gasteiger partial charge in [-0.15, -0.1) is 0 Å². The molecule has 17 heavy (non-hydrogen) atoms. The fourth-order valence-corrected chi connectivity index (χ4v) is 2.02. The predicted molar refractivity (Wildman–Crippen MR) is 67.7 cm³/mol. The summed E-state index contributed by atoms with van der Waals surface area (Å²) in [6, 6.07) is -0.443. The molecular formula is C12H25N3O2. The van der Waals surface area contributed by atoms with Gasteiger partial charge in [-0.05, 0) is 45.3 Å². The molecule has 0 aromatic carbocycles. The number of amides is 1. The van der Waals surface area contributed by atoms with E-state index in [1.807, 2.05) is 0 Å². The molecule has 0 aromatic heterocycles. The second kappa shape index (κ2) is 7.63. The highest BCUT2D eigenvalue weighted by atomic mass is 16.5. The molecule has 0 aromatic rings. The van der Waals surface area contributed by atoms with Crippen LogP contribution in [0.3, 0.4) is 0 Å². The van der Waals surface area contributed by atoms with Gasteiger partial charge in [0, 0.05) is 20.3 Å². The number of nitrogens with zero attached hydrogens (tertiary/aromatic N) is 1. The normalized spacial score (nSPS) is 20.2. The quantitative estimate of drug-likeness (QED) is 0.678. The third-order valence-corrected chi connectivity index (χ3v) is 3.37. The first-order valence-electron chi connectivity index (χ1n) is 6.34. The fraction of sp³-hybridized carbons (Fsp3) is 0.917. The average Bonchev–Trinajstić information content (AvgIpc) is 2.34. The zero-order valence-electron chi connectivity index (χ0n) is 10.9. The molecular weight excluding hydrogens is 218 g/mol. The molecule has 1 aliphatic rings. The van der Waals surface area contributed by atoms with Gasteiger partial charge in [0.25, 0.3) is 0 Å². The fourth-order valence-electron chi connectivity index (χ4n) is 2.02. The van der Waals surface area contributed by atoms with Crippen molar-refractivity contribution in [2.75, 3.05) is 40.4 Å². The highest BCUT2D eigenvalue weighted by Gasteiger charge is 2.19. The molecule has 3 N–H and O–H groups in total. The Morgan fingerprint density at radius 3 is 2.76 bits per heavy atom. The number of nitrogens with one attached hydrogen (secondary N) is 1. The van der Waals surface area contributed by atoms with Gasteiger partial charge < -0.3 is 20.7 Å². The zero-order chi connectivity index (χ0) is 12.7. The highest BCUT2D eigenvalue weighted by Crippen LogP contribution is 2.14. The van der Waals surface area contributed by atoms with Gasteiger partial charge >= 0.3 is 0 Å². The maximum absolute atomic E-state index is 11.7. The number of rotatable bonds is 6. The number of ether oxygens (including phenoxy) is 1. The van der Waals surface area contributed by atoms with Gasteiger partial charge in [0.15, 0.2) is 0 Å². The van der Waals surface area contributed by atoms with E-state index in [0.717, 1.165) is 32.5 Å². The number of hydrogen-bond acceptors (Lipinski definition) is 4. The van der Waals surface area contributed by atoms with Crippen molar-refractivity contribution in [3.8, 4) is 0 Å². The van der Waals surface area contributed by atoms with Crippen LogP contribution in [0.25, 0.3) is 0 Å². The van der Waals surface area contributed by atoms with Gasteiger partial charge in [0.2, 0.25) is 5.91 Å². The average molecular weight is 243 g/mol. The Kier molecular flexibility index (Phi) is 6.47. The van der Waals surface area contributed by atoms with Crippen molar-refractivity contribution in [3.63, 3.8) is 0 Å². The lowest BCUT2D eigenvalue weighted by atomic mass is 9.97. The maximum atomic E-state index is 11.7. The third-order valence-electron chi connectivity index (χ3n) is 3.37. The van der Waals surface area contributed by atoms with Gasteiger partial charge in [0.1, 0.15) is 0 Å².